The summed E-state index contributed by atoms with van der Waals surface area (Å²) in [6.45, 7) is 0. The zero-order chi connectivity index (χ0) is 38.2. The van der Waals surface area contributed by atoms with Crippen LogP contribution < -0.4 is 4.90 Å². The highest BCUT2D eigenvalue weighted by atomic mass is 16.3. The van der Waals surface area contributed by atoms with Crippen molar-refractivity contribution >= 4 is 49.8 Å². The van der Waals surface area contributed by atoms with Crippen molar-refractivity contribution in [1.82, 2.24) is 0 Å². The number of furan rings is 1. The highest BCUT2D eigenvalue weighted by Gasteiger charge is 2.51. The van der Waals surface area contributed by atoms with Crippen molar-refractivity contribution in [1.29, 1.82) is 0 Å². The van der Waals surface area contributed by atoms with Crippen molar-refractivity contribution in [3.05, 3.63) is 188 Å². The number of anilines is 3. The Bertz CT molecular complexity index is 2930. The van der Waals surface area contributed by atoms with E-state index in [0.29, 0.717) is 5.41 Å². The van der Waals surface area contributed by atoms with Crippen LogP contribution in [0.3, 0.4) is 0 Å². The highest BCUT2D eigenvalue weighted by molar-refractivity contribution is 6.08. The van der Waals surface area contributed by atoms with Gasteiger partial charge in [0.25, 0.3) is 0 Å². The van der Waals surface area contributed by atoms with Gasteiger partial charge in [0, 0.05) is 33.9 Å². The number of benzene rings is 8. The van der Waals surface area contributed by atoms with E-state index in [1.165, 1.54) is 82.7 Å². The van der Waals surface area contributed by atoms with Gasteiger partial charge in [0.05, 0.1) is 0 Å². The van der Waals surface area contributed by atoms with Gasteiger partial charge in [0.2, 0.25) is 0 Å². The third-order valence-electron chi connectivity index (χ3n) is 14.0. The monoisotopic (exact) mass is 747 g/mol. The molecule has 13 rings (SSSR count). The minimum Gasteiger partial charge on any atom is -0.456 e. The van der Waals surface area contributed by atoms with E-state index in [1.54, 1.807) is 5.56 Å². The van der Waals surface area contributed by atoms with Gasteiger partial charge in [-0.1, -0.05) is 133 Å². The summed E-state index contributed by atoms with van der Waals surface area (Å²) in [6, 6.07) is 66.9. The van der Waals surface area contributed by atoms with Gasteiger partial charge in [-0.2, -0.15) is 0 Å². The van der Waals surface area contributed by atoms with Crippen LogP contribution in [0.4, 0.5) is 17.1 Å². The summed E-state index contributed by atoms with van der Waals surface area (Å²) in [4.78, 5) is 2.37. The Hall–Kier alpha value is -6.38. The smallest absolute Gasteiger partial charge is 0.137 e. The molecule has 4 fully saturated rings. The predicted octanol–water partition coefficient (Wildman–Crippen LogP) is 15.7. The van der Waals surface area contributed by atoms with Crippen LogP contribution in [0.5, 0.6) is 0 Å². The van der Waals surface area contributed by atoms with Crippen LogP contribution in [0.1, 0.15) is 44.1 Å². The second-order valence-electron chi connectivity index (χ2n) is 17.6. The van der Waals surface area contributed by atoms with Gasteiger partial charge >= 0.3 is 0 Å². The Kier molecular flexibility index (Phi) is 7.76. The van der Waals surface area contributed by atoms with Crippen molar-refractivity contribution in [3.8, 4) is 33.4 Å². The normalized spacial score (nSPS) is 20.9. The minimum absolute atomic E-state index is 0.419. The van der Waals surface area contributed by atoms with E-state index < -0.39 is 0 Å². The summed E-state index contributed by atoms with van der Waals surface area (Å²) in [7, 11) is 0. The molecule has 0 radical (unpaired) electrons. The Morgan fingerprint density at radius 3 is 1.71 bits per heavy atom. The first-order chi connectivity index (χ1) is 28.6. The first kappa shape index (κ1) is 33.7. The summed E-state index contributed by atoms with van der Waals surface area (Å²) in [5.41, 5.74) is 14.4. The predicted molar refractivity (Wildman–Crippen MR) is 242 cm³/mol. The molecule has 0 atom stereocenters. The van der Waals surface area contributed by atoms with Crippen molar-refractivity contribution in [3.63, 3.8) is 0 Å². The number of hydrogen-bond acceptors (Lipinski definition) is 2. The zero-order valence-electron chi connectivity index (χ0n) is 32.7. The van der Waals surface area contributed by atoms with Crippen LogP contribution >= 0.6 is 0 Å². The van der Waals surface area contributed by atoms with Crippen LogP contribution in [-0.2, 0) is 5.41 Å². The van der Waals surface area contributed by atoms with Crippen LogP contribution in [-0.4, -0.2) is 0 Å². The van der Waals surface area contributed by atoms with E-state index in [-0.39, 0.29) is 0 Å². The largest absolute Gasteiger partial charge is 0.456 e. The van der Waals surface area contributed by atoms with Crippen LogP contribution in [0.15, 0.2) is 186 Å². The number of fused-ring (bicyclic) bond motifs is 4. The average molecular weight is 748 g/mol. The molecule has 58 heavy (non-hydrogen) atoms. The Balaban J connectivity index is 0.945. The first-order valence-corrected chi connectivity index (χ1v) is 21.2. The molecular weight excluding hydrogens is 703 g/mol. The van der Waals surface area contributed by atoms with Gasteiger partial charge in [0.1, 0.15) is 11.2 Å². The topological polar surface area (TPSA) is 16.4 Å². The fourth-order valence-corrected chi connectivity index (χ4v) is 11.8. The summed E-state index contributed by atoms with van der Waals surface area (Å²) in [6.07, 6.45) is 8.65. The fourth-order valence-electron chi connectivity index (χ4n) is 11.8. The molecule has 280 valence electrons. The fraction of sp³-hybridized carbons (Fsp3) is 0.179. The third kappa shape index (κ3) is 5.61. The molecule has 4 bridgehead atoms. The van der Waals surface area contributed by atoms with Gasteiger partial charge in [0.15, 0.2) is 0 Å². The SMILES string of the molecule is c1ccc(-c2cccc3cccc(-c4cccc(N(c5ccc(-c6ccc(C78CC9CC(CC(C9)C7)C8)cc6)cc5)c5ccc6c(c5)oc5ccccc56)c4)c23)cc1. The van der Waals surface area contributed by atoms with E-state index >= 15 is 0 Å². The third-order valence-corrected chi connectivity index (χ3v) is 14.0. The minimum atomic E-state index is 0.419. The molecule has 4 aliphatic carbocycles. The average Bonchev–Trinajstić information content (AvgIpc) is 3.64. The molecule has 0 aliphatic heterocycles. The van der Waals surface area contributed by atoms with Crippen LogP contribution in [0.25, 0.3) is 66.1 Å². The standard InChI is InChI=1S/C56H45NO/c1-2-9-42(10-3-1)49-16-7-11-43-12-8-17-50(55(43)49)44-13-6-14-47(32-44)57(48-27-28-52-51-15-4-5-18-53(51)58-54(52)33-48)46-25-21-41(22-26-46)40-19-23-45(24-20-40)56-34-37-29-38(35-56)31-39(30-37)36-56/h1-28,32-33,37-39H,29-31,34-36H2. The van der Waals surface area contributed by atoms with Crippen LogP contribution in [0.2, 0.25) is 0 Å². The Labute approximate surface area is 340 Å². The van der Waals surface area contributed by atoms with Gasteiger partial charge in [-0.3, -0.25) is 0 Å². The highest BCUT2D eigenvalue weighted by Crippen LogP contribution is 2.60. The Morgan fingerprint density at radius 2 is 0.983 bits per heavy atom. The molecule has 2 heteroatoms. The maximum absolute atomic E-state index is 6.45. The van der Waals surface area contributed by atoms with Gasteiger partial charge < -0.3 is 9.32 Å². The quantitative estimate of drug-likeness (QED) is 0.161. The molecule has 1 aromatic heterocycles. The summed E-state index contributed by atoms with van der Waals surface area (Å²) in [5, 5.41) is 4.77. The molecular formula is C56H45NO. The molecule has 9 aromatic rings. The lowest BCUT2D eigenvalue weighted by molar-refractivity contribution is -0.00518. The van der Waals surface area contributed by atoms with Gasteiger partial charge in [-0.05, 0) is 154 Å². The van der Waals surface area contributed by atoms with E-state index in [4.69, 9.17) is 4.42 Å². The van der Waals surface area contributed by atoms with Crippen molar-refractivity contribution in [2.45, 2.75) is 43.9 Å². The van der Waals surface area contributed by atoms with E-state index in [9.17, 15) is 0 Å². The number of hydrogen-bond donors (Lipinski definition) is 0. The lowest BCUT2D eigenvalue weighted by atomic mass is 9.48. The molecule has 0 saturated heterocycles. The second kappa shape index (κ2) is 13.4. The molecule has 4 saturated carbocycles. The molecule has 4 aliphatic rings. The van der Waals surface area contributed by atoms with Crippen LogP contribution in [0, 0.1) is 17.8 Å². The summed E-state index contributed by atoms with van der Waals surface area (Å²) < 4.78 is 6.45. The van der Waals surface area contributed by atoms with Crippen molar-refractivity contribution in [2.24, 2.45) is 17.8 Å². The lowest BCUT2D eigenvalue weighted by Gasteiger charge is -2.57. The zero-order valence-corrected chi connectivity index (χ0v) is 32.7. The molecule has 8 aromatic carbocycles. The van der Waals surface area contributed by atoms with E-state index in [0.717, 1.165) is 56.8 Å². The molecule has 0 spiro atoms. The van der Waals surface area contributed by atoms with E-state index in [2.05, 4.69) is 181 Å². The Morgan fingerprint density at radius 1 is 0.414 bits per heavy atom. The second-order valence-corrected chi connectivity index (χ2v) is 17.6. The van der Waals surface area contributed by atoms with Gasteiger partial charge in [-0.25, -0.2) is 0 Å². The van der Waals surface area contributed by atoms with Crippen molar-refractivity contribution < 1.29 is 4.42 Å². The van der Waals surface area contributed by atoms with Gasteiger partial charge in [-0.15, -0.1) is 0 Å². The first-order valence-electron chi connectivity index (χ1n) is 21.2. The number of para-hydroxylation sites is 1. The molecule has 0 unspecified atom stereocenters. The molecule has 2 nitrogen and oxygen atoms in total. The van der Waals surface area contributed by atoms with E-state index in [1.807, 2.05) is 6.07 Å². The summed E-state index contributed by atoms with van der Waals surface area (Å²) in [5.74, 6) is 2.86. The van der Waals surface area contributed by atoms with Crippen molar-refractivity contribution in [2.75, 3.05) is 4.90 Å². The number of nitrogens with zero attached hydrogens (tertiary/aromatic N) is 1. The molecule has 1 heterocycles. The lowest BCUT2D eigenvalue weighted by Crippen LogP contribution is -2.48. The molecule has 0 amide bonds. The number of rotatable bonds is 7. The maximum atomic E-state index is 6.45. The molecule has 0 N–H and O–H groups in total. The maximum Gasteiger partial charge on any atom is 0.137 e. The summed E-state index contributed by atoms with van der Waals surface area (Å²) >= 11 is 0.